The fourth-order valence-electron chi connectivity index (χ4n) is 1.48. The first-order chi connectivity index (χ1) is 7.32. The standard InChI is InChI=1S/C13H19NO2/c1-9(15)12(16)14-11-8-6-5-7-10(11)13(2,3)4/h5-9,15H,1-4H3,(H,14,16). The normalized spacial score (nSPS) is 13.3. The molecule has 0 spiro atoms. The molecule has 88 valence electrons. The Morgan fingerprint density at radius 2 is 1.88 bits per heavy atom. The predicted octanol–water partition coefficient (Wildman–Crippen LogP) is 2.30. The molecule has 0 radical (unpaired) electrons. The SMILES string of the molecule is CC(O)C(=O)Nc1ccccc1C(C)(C)C. The van der Waals surface area contributed by atoms with Gasteiger partial charge < -0.3 is 10.4 Å². The zero-order valence-corrected chi connectivity index (χ0v) is 10.2. The van der Waals surface area contributed by atoms with Gasteiger partial charge in [-0.2, -0.15) is 0 Å². The molecule has 2 N–H and O–H groups in total. The van der Waals surface area contributed by atoms with Crippen LogP contribution in [-0.4, -0.2) is 17.1 Å². The number of anilines is 1. The number of rotatable bonds is 2. The smallest absolute Gasteiger partial charge is 0.252 e. The number of aliphatic hydroxyl groups is 1. The molecule has 1 aromatic carbocycles. The van der Waals surface area contributed by atoms with Crippen molar-refractivity contribution in [3.05, 3.63) is 29.8 Å². The minimum atomic E-state index is -0.993. The van der Waals surface area contributed by atoms with E-state index in [1.54, 1.807) is 0 Å². The summed E-state index contributed by atoms with van der Waals surface area (Å²) in [5.74, 6) is -0.378. The summed E-state index contributed by atoms with van der Waals surface area (Å²) in [6.07, 6.45) is -0.993. The summed E-state index contributed by atoms with van der Waals surface area (Å²) >= 11 is 0. The number of hydrogen-bond donors (Lipinski definition) is 2. The Morgan fingerprint density at radius 3 is 2.38 bits per heavy atom. The molecule has 0 bridgehead atoms. The monoisotopic (exact) mass is 221 g/mol. The third kappa shape index (κ3) is 3.07. The molecule has 3 heteroatoms. The lowest BCUT2D eigenvalue weighted by Crippen LogP contribution is -2.26. The van der Waals surface area contributed by atoms with Crippen molar-refractivity contribution in [2.24, 2.45) is 0 Å². The Labute approximate surface area is 96.5 Å². The van der Waals surface area contributed by atoms with Crippen LogP contribution in [0.5, 0.6) is 0 Å². The molecule has 1 rings (SSSR count). The Kier molecular flexibility index (Phi) is 3.70. The number of benzene rings is 1. The average Bonchev–Trinajstić information content (AvgIpc) is 2.16. The van der Waals surface area contributed by atoms with Crippen LogP contribution < -0.4 is 5.32 Å². The van der Waals surface area contributed by atoms with Crippen LogP contribution in [0.4, 0.5) is 5.69 Å². The molecule has 0 aliphatic carbocycles. The van der Waals surface area contributed by atoms with E-state index >= 15 is 0 Å². The average molecular weight is 221 g/mol. The van der Waals surface area contributed by atoms with Crippen molar-refractivity contribution in [2.75, 3.05) is 5.32 Å². The highest BCUT2D eigenvalue weighted by atomic mass is 16.3. The number of carbonyl (C=O) groups is 1. The van der Waals surface area contributed by atoms with Crippen molar-refractivity contribution in [3.8, 4) is 0 Å². The highest BCUT2D eigenvalue weighted by Crippen LogP contribution is 2.29. The second kappa shape index (κ2) is 4.66. The van der Waals surface area contributed by atoms with Gasteiger partial charge in [0.1, 0.15) is 6.10 Å². The number of carbonyl (C=O) groups excluding carboxylic acids is 1. The van der Waals surface area contributed by atoms with Gasteiger partial charge in [0.15, 0.2) is 0 Å². The zero-order valence-electron chi connectivity index (χ0n) is 10.2. The number of aliphatic hydroxyl groups excluding tert-OH is 1. The van der Waals surface area contributed by atoms with Crippen LogP contribution in [0, 0.1) is 0 Å². The quantitative estimate of drug-likeness (QED) is 0.805. The van der Waals surface area contributed by atoms with Crippen molar-refractivity contribution < 1.29 is 9.90 Å². The van der Waals surface area contributed by atoms with Gasteiger partial charge in [-0.15, -0.1) is 0 Å². The molecular weight excluding hydrogens is 202 g/mol. The predicted molar refractivity (Wildman–Crippen MR) is 65.5 cm³/mol. The molecule has 3 nitrogen and oxygen atoms in total. The van der Waals surface area contributed by atoms with Crippen LogP contribution in [0.2, 0.25) is 0 Å². The van der Waals surface area contributed by atoms with Crippen molar-refractivity contribution >= 4 is 11.6 Å². The fourth-order valence-corrected chi connectivity index (χ4v) is 1.48. The Balaban J connectivity index is 3.01. The topological polar surface area (TPSA) is 49.3 Å². The van der Waals surface area contributed by atoms with Crippen LogP contribution in [0.15, 0.2) is 24.3 Å². The van der Waals surface area contributed by atoms with E-state index in [9.17, 15) is 4.79 Å². The first kappa shape index (κ1) is 12.7. The minimum absolute atomic E-state index is 0.0391. The highest BCUT2D eigenvalue weighted by molar-refractivity contribution is 5.94. The van der Waals surface area contributed by atoms with Crippen molar-refractivity contribution in [1.82, 2.24) is 0 Å². The van der Waals surface area contributed by atoms with Gasteiger partial charge in [0.2, 0.25) is 0 Å². The molecule has 1 aromatic rings. The summed E-state index contributed by atoms with van der Waals surface area (Å²) < 4.78 is 0. The lowest BCUT2D eigenvalue weighted by molar-refractivity contribution is -0.123. The van der Waals surface area contributed by atoms with Crippen LogP contribution in [0.25, 0.3) is 0 Å². The second-order valence-electron chi connectivity index (χ2n) is 4.96. The number of amides is 1. The lowest BCUT2D eigenvalue weighted by Gasteiger charge is -2.23. The highest BCUT2D eigenvalue weighted by Gasteiger charge is 2.19. The molecule has 0 saturated heterocycles. The molecule has 0 aliphatic rings. The molecular formula is C13H19NO2. The van der Waals surface area contributed by atoms with E-state index in [1.807, 2.05) is 24.3 Å². The summed E-state index contributed by atoms with van der Waals surface area (Å²) in [7, 11) is 0. The van der Waals surface area contributed by atoms with E-state index in [0.717, 1.165) is 11.3 Å². The largest absolute Gasteiger partial charge is 0.384 e. The number of para-hydroxylation sites is 1. The van der Waals surface area contributed by atoms with Crippen LogP contribution in [0.1, 0.15) is 33.3 Å². The van der Waals surface area contributed by atoms with Gasteiger partial charge in [0, 0.05) is 5.69 Å². The van der Waals surface area contributed by atoms with E-state index in [0.29, 0.717) is 0 Å². The fraction of sp³-hybridized carbons (Fsp3) is 0.462. The maximum Gasteiger partial charge on any atom is 0.252 e. The van der Waals surface area contributed by atoms with Crippen LogP contribution in [-0.2, 0) is 10.2 Å². The molecule has 0 saturated carbocycles. The second-order valence-corrected chi connectivity index (χ2v) is 4.96. The molecule has 0 fully saturated rings. The lowest BCUT2D eigenvalue weighted by atomic mass is 9.86. The molecule has 1 atom stereocenters. The summed E-state index contributed by atoms with van der Waals surface area (Å²) in [6.45, 7) is 7.70. The molecule has 0 aliphatic heterocycles. The maximum absolute atomic E-state index is 11.4. The van der Waals surface area contributed by atoms with Crippen molar-refractivity contribution in [3.63, 3.8) is 0 Å². The van der Waals surface area contributed by atoms with Gasteiger partial charge in [0.05, 0.1) is 0 Å². The number of nitrogens with one attached hydrogen (secondary N) is 1. The van der Waals surface area contributed by atoms with E-state index in [1.165, 1.54) is 6.92 Å². The van der Waals surface area contributed by atoms with Crippen LogP contribution >= 0.6 is 0 Å². The van der Waals surface area contributed by atoms with Gasteiger partial charge in [-0.05, 0) is 24.0 Å². The van der Waals surface area contributed by atoms with Gasteiger partial charge in [-0.25, -0.2) is 0 Å². The third-order valence-corrected chi connectivity index (χ3v) is 2.37. The summed E-state index contributed by atoms with van der Waals surface area (Å²) in [5, 5.41) is 11.9. The Morgan fingerprint density at radius 1 is 1.31 bits per heavy atom. The molecule has 0 heterocycles. The molecule has 1 amide bonds. The summed E-state index contributed by atoms with van der Waals surface area (Å²) in [6, 6.07) is 7.64. The molecule has 16 heavy (non-hydrogen) atoms. The van der Waals surface area contributed by atoms with Gasteiger partial charge in [-0.3, -0.25) is 4.79 Å². The Bertz CT molecular complexity index is 378. The summed E-state index contributed by atoms with van der Waals surface area (Å²) in [4.78, 5) is 11.4. The van der Waals surface area contributed by atoms with E-state index in [-0.39, 0.29) is 11.3 Å². The van der Waals surface area contributed by atoms with Crippen molar-refractivity contribution in [2.45, 2.75) is 39.2 Å². The van der Waals surface area contributed by atoms with Gasteiger partial charge >= 0.3 is 0 Å². The van der Waals surface area contributed by atoms with Crippen LogP contribution in [0.3, 0.4) is 0 Å². The first-order valence-corrected chi connectivity index (χ1v) is 5.41. The van der Waals surface area contributed by atoms with E-state index < -0.39 is 6.10 Å². The third-order valence-electron chi connectivity index (χ3n) is 2.37. The van der Waals surface area contributed by atoms with Gasteiger partial charge in [0.25, 0.3) is 5.91 Å². The first-order valence-electron chi connectivity index (χ1n) is 5.41. The molecule has 0 aromatic heterocycles. The van der Waals surface area contributed by atoms with E-state index in [4.69, 9.17) is 5.11 Å². The summed E-state index contributed by atoms with van der Waals surface area (Å²) in [5.41, 5.74) is 1.78. The zero-order chi connectivity index (χ0) is 12.3. The Hall–Kier alpha value is -1.35. The van der Waals surface area contributed by atoms with Crippen molar-refractivity contribution in [1.29, 1.82) is 0 Å². The molecule has 1 unspecified atom stereocenters. The maximum atomic E-state index is 11.4. The minimum Gasteiger partial charge on any atom is -0.384 e. The van der Waals surface area contributed by atoms with E-state index in [2.05, 4.69) is 26.1 Å². The number of hydrogen-bond acceptors (Lipinski definition) is 2. The van der Waals surface area contributed by atoms with Gasteiger partial charge in [-0.1, -0.05) is 39.0 Å².